The highest BCUT2D eigenvalue weighted by Crippen LogP contribution is 2.39. The van der Waals surface area contributed by atoms with Crippen LogP contribution in [0.2, 0.25) is 0 Å². The summed E-state index contributed by atoms with van der Waals surface area (Å²) < 4.78 is 8.22. The van der Waals surface area contributed by atoms with Crippen LogP contribution in [0.3, 0.4) is 0 Å². The van der Waals surface area contributed by atoms with E-state index >= 15 is 0 Å². The van der Waals surface area contributed by atoms with Gasteiger partial charge in [-0.05, 0) is 53.6 Å². The van der Waals surface area contributed by atoms with Gasteiger partial charge in [-0.15, -0.1) is 0 Å². The minimum atomic E-state index is -0.889. The van der Waals surface area contributed by atoms with Crippen molar-refractivity contribution in [3.05, 3.63) is 84.2 Å². The Morgan fingerprint density at radius 1 is 1.03 bits per heavy atom. The van der Waals surface area contributed by atoms with Crippen molar-refractivity contribution in [3.8, 4) is 16.9 Å². The summed E-state index contributed by atoms with van der Waals surface area (Å²) in [5, 5.41) is 17.2. The second-order valence-electron chi connectivity index (χ2n) is 8.92. The largest absolute Gasteiger partial charge is 0.487 e. The second kappa shape index (κ2) is 8.43. The van der Waals surface area contributed by atoms with Crippen molar-refractivity contribution in [3.63, 3.8) is 0 Å². The molecule has 1 aliphatic rings. The number of carbonyl (C=O) groups is 1. The van der Waals surface area contributed by atoms with Gasteiger partial charge in [-0.1, -0.05) is 42.5 Å². The number of aliphatic carboxylic acids is 1. The zero-order chi connectivity index (χ0) is 23.9. The number of para-hydroxylation sites is 1. The van der Waals surface area contributed by atoms with E-state index in [1.54, 1.807) is 18.3 Å². The van der Waals surface area contributed by atoms with Gasteiger partial charge in [0.1, 0.15) is 23.9 Å². The minimum absolute atomic E-state index is 0.0867. The van der Waals surface area contributed by atoms with E-state index < -0.39 is 5.97 Å². The second-order valence-corrected chi connectivity index (χ2v) is 8.92. The van der Waals surface area contributed by atoms with Crippen LogP contribution in [-0.4, -0.2) is 25.8 Å². The molecule has 6 rings (SSSR count). The number of anilines is 1. The molecule has 0 radical (unpaired) electrons. The fourth-order valence-electron chi connectivity index (χ4n) is 4.66. The maximum absolute atomic E-state index is 11.3. The Kier molecular flexibility index (Phi) is 5.10. The number of carboxylic acids is 1. The molecule has 35 heavy (non-hydrogen) atoms. The van der Waals surface area contributed by atoms with Crippen LogP contribution in [0.5, 0.6) is 5.75 Å². The van der Waals surface area contributed by atoms with E-state index in [1.807, 2.05) is 30.3 Å². The molecule has 0 amide bonds. The molecule has 2 heterocycles. The third-order valence-electron chi connectivity index (χ3n) is 6.50. The number of fused-ring (bicyclic) bond motifs is 2. The van der Waals surface area contributed by atoms with Gasteiger partial charge in [0.2, 0.25) is 0 Å². The lowest BCUT2D eigenvalue weighted by Crippen LogP contribution is -2.05. The van der Waals surface area contributed by atoms with Crippen molar-refractivity contribution in [1.29, 1.82) is 0 Å². The van der Waals surface area contributed by atoms with Gasteiger partial charge >= 0.3 is 5.97 Å². The predicted molar refractivity (Wildman–Crippen MR) is 135 cm³/mol. The summed E-state index contributed by atoms with van der Waals surface area (Å²) >= 11 is 0. The van der Waals surface area contributed by atoms with Crippen molar-refractivity contribution < 1.29 is 14.6 Å². The average molecular weight is 465 g/mol. The number of rotatable bonds is 7. The molecule has 174 valence electrons. The van der Waals surface area contributed by atoms with E-state index in [2.05, 4.69) is 33.9 Å². The summed E-state index contributed by atoms with van der Waals surface area (Å²) in [6.07, 6.45) is 3.89. The molecule has 3 N–H and O–H groups in total. The quantitative estimate of drug-likeness (QED) is 0.335. The standard InChI is InChI=1S/C28H24N4O3/c29-28-22-6-3-5-20(21(22)12-13-30-28)17-8-11-25-23(14-17)24(31-32(25)19-9-10-19)16-35-26-7-2-1-4-18(26)15-27(33)34/h1-8,11-14,19H,9-10,15-16H2,(H2,29,30)(H,33,34). The molecule has 1 aliphatic carbocycles. The first-order valence-electron chi connectivity index (χ1n) is 11.7. The van der Waals surface area contributed by atoms with Crippen molar-refractivity contribution in [2.75, 3.05) is 5.73 Å². The maximum Gasteiger partial charge on any atom is 0.307 e. The molecule has 0 bridgehead atoms. The van der Waals surface area contributed by atoms with Crippen molar-refractivity contribution in [2.24, 2.45) is 0 Å². The lowest BCUT2D eigenvalue weighted by Gasteiger charge is -2.10. The molecule has 1 saturated carbocycles. The van der Waals surface area contributed by atoms with Crippen molar-refractivity contribution in [1.82, 2.24) is 14.8 Å². The summed E-state index contributed by atoms with van der Waals surface area (Å²) in [6.45, 7) is 0.253. The van der Waals surface area contributed by atoms with Crippen LogP contribution in [0, 0.1) is 0 Å². The topological polar surface area (TPSA) is 103 Å². The number of aromatic nitrogens is 3. The number of hydrogen-bond acceptors (Lipinski definition) is 5. The van der Waals surface area contributed by atoms with Gasteiger partial charge in [0.25, 0.3) is 0 Å². The average Bonchev–Trinajstić information content (AvgIpc) is 3.64. The highest BCUT2D eigenvalue weighted by Gasteiger charge is 2.27. The first kappa shape index (κ1) is 21.2. The molecule has 3 aromatic carbocycles. The SMILES string of the molecule is Nc1nccc2c(-c3ccc4c(c3)c(COc3ccccc3CC(=O)O)nn4C3CC3)cccc12. The molecular weight excluding hydrogens is 440 g/mol. The van der Waals surface area contributed by atoms with E-state index in [0.29, 0.717) is 23.2 Å². The molecule has 0 saturated heterocycles. The number of ether oxygens (including phenoxy) is 1. The molecule has 1 fully saturated rings. The van der Waals surface area contributed by atoms with Gasteiger partial charge in [0.15, 0.2) is 0 Å². The summed E-state index contributed by atoms with van der Waals surface area (Å²) in [5.74, 6) is 0.193. The fourth-order valence-corrected chi connectivity index (χ4v) is 4.66. The molecule has 0 aliphatic heterocycles. The predicted octanol–water partition coefficient (Wildman–Crippen LogP) is 5.37. The van der Waals surface area contributed by atoms with Crippen molar-refractivity contribution in [2.45, 2.75) is 31.9 Å². The van der Waals surface area contributed by atoms with Gasteiger partial charge in [0, 0.05) is 22.5 Å². The number of nitrogen functional groups attached to an aromatic ring is 1. The number of nitrogens with two attached hydrogens (primary N) is 1. The molecule has 0 unspecified atom stereocenters. The Labute approximate surface area is 201 Å². The zero-order valence-corrected chi connectivity index (χ0v) is 19.0. The highest BCUT2D eigenvalue weighted by atomic mass is 16.5. The fraction of sp³-hybridized carbons (Fsp3) is 0.179. The number of benzene rings is 3. The smallest absolute Gasteiger partial charge is 0.307 e. The number of carboxylic acid groups (broad SMARTS) is 1. The Balaban J connectivity index is 1.42. The zero-order valence-electron chi connectivity index (χ0n) is 19.0. The lowest BCUT2D eigenvalue weighted by atomic mass is 9.97. The Morgan fingerprint density at radius 3 is 2.71 bits per heavy atom. The van der Waals surface area contributed by atoms with Crippen LogP contribution in [-0.2, 0) is 17.8 Å². The summed E-state index contributed by atoms with van der Waals surface area (Å²) in [4.78, 5) is 15.5. The molecule has 7 heteroatoms. The third kappa shape index (κ3) is 3.95. The monoisotopic (exact) mass is 464 g/mol. The van der Waals surface area contributed by atoms with Crippen LogP contribution in [0.15, 0.2) is 72.9 Å². The summed E-state index contributed by atoms with van der Waals surface area (Å²) in [6, 6.07) is 22.1. The normalized spacial score (nSPS) is 13.4. The van der Waals surface area contributed by atoms with Crippen LogP contribution in [0.4, 0.5) is 5.82 Å². The van der Waals surface area contributed by atoms with Crippen LogP contribution >= 0.6 is 0 Å². The number of hydrogen-bond donors (Lipinski definition) is 2. The lowest BCUT2D eigenvalue weighted by molar-refractivity contribution is -0.136. The van der Waals surface area contributed by atoms with E-state index in [4.69, 9.17) is 15.6 Å². The van der Waals surface area contributed by atoms with Crippen LogP contribution < -0.4 is 10.5 Å². The molecule has 7 nitrogen and oxygen atoms in total. The minimum Gasteiger partial charge on any atom is -0.487 e. The summed E-state index contributed by atoms with van der Waals surface area (Å²) in [7, 11) is 0. The van der Waals surface area contributed by atoms with E-state index in [1.165, 1.54) is 0 Å². The number of nitrogens with zero attached hydrogens (tertiary/aromatic N) is 3. The molecule has 0 spiro atoms. The van der Waals surface area contributed by atoms with Gasteiger partial charge in [-0.2, -0.15) is 5.10 Å². The van der Waals surface area contributed by atoms with Gasteiger partial charge in [-0.3, -0.25) is 9.48 Å². The van der Waals surface area contributed by atoms with E-state index in [9.17, 15) is 9.90 Å². The first-order valence-corrected chi connectivity index (χ1v) is 11.7. The molecular formula is C28H24N4O3. The van der Waals surface area contributed by atoms with Crippen LogP contribution in [0.25, 0.3) is 32.8 Å². The molecule has 0 atom stereocenters. The Bertz CT molecular complexity index is 1590. The van der Waals surface area contributed by atoms with E-state index in [-0.39, 0.29) is 13.0 Å². The van der Waals surface area contributed by atoms with Crippen molar-refractivity contribution >= 4 is 33.5 Å². The highest BCUT2D eigenvalue weighted by molar-refractivity contribution is 6.02. The third-order valence-corrected chi connectivity index (χ3v) is 6.50. The van der Waals surface area contributed by atoms with Gasteiger partial charge < -0.3 is 15.6 Å². The molecule has 5 aromatic rings. The van der Waals surface area contributed by atoms with Gasteiger partial charge in [-0.25, -0.2) is 4.98 Å². The Morgan fingerprint density at radius 2 is 1.89 bits per heavy atom. The van der Waals surface area contributed by atoms with E-state index in [0.717, 1.165) is 51.3 Å². The number of pyridine rings is 1. The van der Waals surface area contributed by atoms with Gasteiger partial charge in [0.05, 0.1) is 18.0 Å². The maximum atomic E-state index is 11.3. The first-order chi connectivity index (χ1) is 17.1. The van der Waals surface area contributed by atoms with Crippen LogP contribution in [0.1, 0.15) is 30.1 Å². The molecule has 2 aromatic heterocycles. The summed E-state index contributed by atoms with van der Waals surface area (Å²) in [5.41, 5.74) is 10.8. The Hall–Kier alpha value is -4.39.